The molecule has 4 heteroatoms. The van der Waals surface area contributed by atoms with E-state index in [0.717, 1.165) is 3.57 Å². The van der Waals surface area contributed by atoms with Crippen molar-refractivity contribution < 1.29 is 15.6 Å². The van der Waals surface area contributed by atoms with Gasteiger partial charge in [-0.1, -0.05) is 12.1 Å². The van der Waals surface area contributed by atoms with E-state index < -0.39 is 12.0 Å². The molecule has 3 nitrogen and oxygen atoms in total. The van der Waals surface area contributed by atoms with Crippen LogP contribution in [0.25, 0.3) is 0 Å². The number of benzene rings is 1. The molecule has 0 aliphatic heterocycles. The van der Waals surface area contributed by atoms with Gasteiger partial charge in [0.2, 0.25) is 0 Å². The van der Waals surface area contributed by atoms with Gasteiger partial charge in [0.1, 0.15) is 5.97 Å². The molecule has 0 radical (unpaired) electrons. The van der Waals surface area contributed by atoms with E-state index in [1.807, 2.05) is 12.1 Å². The second kappa shape index (κ2) is 3.86. The van der Waals surface area contributed by atoms with Crippen molar-refractivity contribution in [2.24, 2.45) is 0 Å². The highest BCUT2D eigenvalue weighted by Gasteiger charge is 2.09. The summed E-state index contributed by atoms with van der Waals surface area (Å²) in [6.07, 6.45) is 0. The Labute approximate surface area is 83.7 Å². The Bertz CT molecular complexity index is 284. The maximum atomic E-state index is 10.4. The zero-order chi connectivity index (χ0) is 9.14. The number of carbonyl (C=O) groups excluding carboxylic acids is 1. The maximum Gasteiger partial charge on any atom is 0.150 e. The minimum absolute atomic E-state index is 0.676. The van der Waals surface area contributed by atoms with E-state index in [4.69, 9.17) is 0 Å². The maximum absolute atomic E-state index is 10.4. The van der Waals surface area contributed by atoms with Gasteiger partial charge in [0, 0.05) is 9.13 Å². The number of quaternary nitrogens is 1. The molecule has 0 aliphatic rings. The van der Waals surface area contributed by atoms with Gasteiger partial charge in [-0.2, -0.15) is 0 Å². The summed E-state index contributed by atoms with van der Waals surface area (Å²) in [5, 5.41) is 10.4. The lowest BCUT2D eigenvalue weighted by molar-refractivity contribution is -0.443. The molecule has 3 N–H and O–H groups in total. The van der Waals surface area contributed by atoms with Crippen LogP contribution in [-0.4, -0.2) is 5.97 Å². The first-order valence-corrected chi connectivity index (χ1v) is 4.48. The first kappa shape index (κ1) is 9.47. The van der Waals surface area contributed by atoms with Crippen LogP contribution in [0.1, 0.15) is 11.6 Å². The smallest absolute Gasteiger partial charge is 0.150 e. The van der Waals surface area contributed by atoms with Gasteiger partial charge in [-0.25, -0.2) is 0 Å². The summed E-state index contributed by atoms with van der Waals surface area (Å²) < 4.78 is 1.07. The fourth-order valence-corrected chi connectivity index (χ4v) is 1.19. The van der Waals surface area contributed by atoms with Crippen molar-refractivity contribution in [2.45, 2.75) is 6.04 Å². The van der Waals surface area contributed by atoms with Gasteiger partial charge in [0.15, 0.2) is 6.04 Å². The van der Waals surface area contributed by atoms with Crippen LogP contribution in [0.3, 0.4) is 0 Å². The van der Waals surface area contributed by atoms with Crippen LogP contribution in [0.5, 0.6) is 0 Å². The number of hydrogen-bond donors (Lipinski definition) is 1. The Morgan fingerprint density at radius 2 is 1.92 bits per heavy atom. The molecule has 1 aromatic rings. The average Bonchev–Trinajstić information content (AvgIpc) is 2.04. The Kier molecular flexibility index (Phi) is 3.05. The number of carboxylic acids is 1. The molecule has 0 heterocycles. The molecule has 0 aliphatic carbocycles. The quantitative estimate of drug-likeness (QED) is 0.728. The average molecular weight is 277 g/mol. The highest BCUT2D eigenvalue weighted by molar-refractivity contribution is 14.1. The lowest BCUT2D eigenvalue weighted by atomic mass is 10.1. The van der Waals surface area contributed by atoms with Crippen molar-refractivity contribution in [1.82, 2.24) is 0 Å². The number of carbonyl (C=O) groups is 1. The van der Waals surface area contributed by atoms with Gasteiger partial charge in [0.05, 0.1) is 0 Å². The molecule has 64 valence electrons. The monoisotopic (exact) mass is 277 g/mol. The van der Waals surface area contributed by atoms with Gasteiger partial charge in [-0.3, -0.25) is 0 Å². The minimum atomic E-state index is -1.14. The molecule has 12 heavy (non-hydrogen) atoms. The normalized spacial score (nSPS) is 12.5. The van der Waals surface area contributed by atoms with Crippen LogP contribution in [0, 0.1) is 3.57 Å². The van der Waals surface area contributed by atoms with Crippen molar-refractivity contribution in [3.8, 4) is 0 Å². The molecule has 0 unspecified atom stereocenters. The molecule has 1 aromatic carbocycles. The molecule has 0 bridgehead atoms. The molecule has 0 spiro atoms. The molecule has 0 saturated heterocycles. The number of halogens is 1. The van der Waals surface area contributed by atoms with E-state index in [-0.39, 0.29) is 0 Å². The summed E-state index contributed by atoms with van der Waals surface area (Å²) in [5.41, 5.74) is 4.15. The molecular formula is C8H8INO2. The van der Waals surface area contributed by atoms with Crippen LogP contribution in [0.15, 0.2) is 24.3 Å². The topological polar surface area (TPSA) is 67.8 Å². The highest BCUT2D eigenvalue weighted by atomic mass is 127. The molecular weight excluding hydrogens is 269 g/mol. The van der Waals surface area contributed by atoms with Crippen LogP contribution in [0.2, 0.25) is 0 Å². The van der Waals surface area contributed by atoms with Gasteiger partial charge >= 0.3 is 0 Å². The van der Waals surface area contributed by atoms with Gasteiger partial charge in [-0.15, -0.1) is 0 Å². The summed E-state index contributed by atoms with van der Waals surface area (Å²) >= 11 is 2.15. The van der Waals surface area contributed by atoms with Crippen molar-refractivity contribution in [3.05, 3.63) is 33.4 Å². The lowest BCUT2D eigenvalue weighted by Gasteiger charge is -2.08. The fraction of sp³-hybridized carbons (Fsp3) is 0.125. The van der Waals surface area contributed by atoms with Gasteiger partial charge in [0.25, 0.3) is 0 Å². The van der Waals surface area contributed by atoms with E-state index in [1.54, 1.807) is 12.1 Å². The molecule has 0 amide bonds. The Morgan fingerprint density at radius 1 is 1.42 bits per heavy atom. The zero-order valence-corrected chi connectivity index (χ0v) is 8.45. The third-order valence-corrected chi connectivity index (χ3v) is 2.28. The third-order valence-electron chi connectivity index (χ3n) is 1.56. The summed E-state index contributed by atoms with van der Waals surface area (Å²) in [7, 11) is 0. The largest absolute Gasteiger partial charge is 0.544 e. The van der Waals surface area contributed by atoms with E-state index in [2.05, 4.69) is 28.3 Å². The molecule has 1 atom stereocenters. The van der Waals surface area contributed by atoms with E-state index in [1.165, 1.54) is 0 Å². The van der Waals surface area contributed by atoms with Crippen LogP contribution >= 0.6 is 22.6 Å². The van der Waals surface area contributed by atoms with Gasteiger partial charge < -0.3 is 15.6 Å². The van der Waals surface area contributed by atoms with E-state index in [0.29, 0.717) is 5.56 Å². The van der Waals surface area contributed by atoms with Crippen molar-refractivity contribution in [1.29, 1.82) is 0 Å². The predicted molar refractivity (Wildman–Crippen MR) is 49.8 cm³/mol. The third kappa shape index (κ3) is 2.18. The number of hydrogen-bond acceptors (Lipinski definition) is 2. The van der Waals surface area contributed by atoms with Crippen LogP contribution < -0.4 is 10.8 Å². The van der Waals surface area contributed by atoms with E-state index >= 15 is 0 Å². The summed E-state index contributed by atoms with van der Waals surface area (Å²) in [5.74, 6) is -1.14. The summed E-state index contributed by atoms with van der Waals surface area (Å²) in [4.78, 5) is 10.4. The Hall–Kier alpha value is -0.620. The van der Waals surface area contributed by atoms with Crippen LogP contribution in [-0.2, 0) is 4.79 Å². The first-order valence-electron chi connectivity index (χ1n) is 3.40. The van der Waals surface area contributed by atoms with Crippen molar-refractivity contribution >= 4 is 28.6 Å². The standard InChI is InChI=1S/C8H8INO2/c9-6-3-1-5(2-4-6)7(10)8(11)12/h1-4,7H,10H2,(H,11,12)/t7-/m0/s1. The molecule has 1 rings (SSSR count). The molecule has 0 saturated carbocycles. The Balaban J connectivity index is 2.89. The van der Waals surface area contributed by atoms with Crippen molar-refractivity contribution in [2.75, 3.05) is 0 Å². The zero-order valence-electron chi connectivity index (χ0n) is 6.29. The van der Waals surface area contributed by atoms with E-state index in [9.17, 15) is 9.90 Å². The summed E-state index contributed by atoms with van der Waals surface area (Å²) in [6, 6.07) is 6.40. The van der Waals surface area contributed by atoms with Gasteiger partial charge in [-0.05, 0) is 34.7 Å². The molecule has 0 aromatic heterocycles. The second-order valence-corrected chi connectivity index (χ2v) is 3.67. The Morgan fingerprint density at radius 3 is 2.33 bits per heavy atom. The fourth-order valence-electron chi connectivity index (χ4n) is 0.831. The number of aliphatic carboxylic acids is 1. The SMILES string of the molecule is [NH3+][C@H](C(=O)[O-])c1ccc(I)cc1. The minimum Gasteiger partial charge on any atom is -0.544 e. The van der Waals surface area contributed by atoms with Crippen LogP contribution in [0.4, 0.5) is 0 Å². The highest BCUT2D eigenvalue weighted by Crippen LogP contribution is 2.10. The number of carboxylic acid groups (broad SMARTS) is 1. The first-order chi connectivity index (χ1) is 5.61. The predicted octanol–water partition coefficient (Wildman–Crippen LogP) is -0.676. The lowest BCUT2D eigenvalue weighted by Crippen LogP contribution is -2.61. The molecule has 0 fully saturated rings. The second-order valence-electron chi connectivity index (χ2n) is 2.42. The van der Waals surface area contributed by atoms with Crippen molar-refractivity contribution in [3.63, 3.8) is 0 Å². The number of rotatable bonds is 2. The summed E-state index contributed by atoms with van der Waals surface area (Å²) in [6.45, 7) is 0.